The van der Waals surface area contributed by atoms with E-state index >= 15 is 0 Å². The van der Waals surface area contributed by atoms with Crippen molar-refractivity contribution in [3.8, 4) is 0 Å². The van der Waals surface area contributed by atoms with Crippen molar-refractivity contribution in [2.24, 2.45) is 5.73 Å². The summed E-state index contributed by atoms with van der Waals surface area (Å²) in [6.07, 6.45) is 0.863. The van der Waals surface area contributed by atoms with Gasteiger partial charge < -0.3 is 36.6 Å². The molecule has 5 atom stereocenters. The number of rotatable bonds is 13. The number of thioether (sulfide) groups is 1. The number of hydrogen-bond acceptors (Lipinski definition) is 8. The number of amides is 3. The van der Waals surface area contributed by atoms with E-state index in [9.17, 15) is 34.2 Å². The molecule has 0 bridgehead atoms. The van der Waals surface area contributed by atoms with Crippen LogP contribution in [-0.2, 0) is 24.0 Å². The smallest absolute Gasteiger partial charge is 0.326 e. The van der Waals surface area contributed by atoms with E-state index in [-0.39, 0.29) is 19.4 Å². The number of aliphatic carboxylic acids is 2. The Morgan fingerprint density at radius 3 is 2.31 bits per heavy atom. The van der Waals surface area contributed by atoms with Crippen LogP contribution in [0.1, 0.15) is 39.0 Å². The molecule has 13 heteroatoms. The fraction of sp³-hybridized carbons (Fsp3) is 0.737. The third-order valence-electron chi connectivity index (χ3n) is 5.12. The summed E-state index contributed by atoms with van der Waals surface area (Å²) in [6.45, 7) is 1.43. The number of aliphatic hydroxyl groups is 1. The number of carbonyl (C=O) groups is 5. The van der Waals surface area contributed by atoms with Gasteiger partial charge in [-0.3, -0.25) is 19.2 Å². The maximum absolute atomic E-state index is 12.9. The number of carboxylic acid groups (broad SMARTS) is 2. The van der Waals surface area contributed by atoms with E-state index in [0.29, 0.717) is 18.6 Å². The van der Waals surface area contributed by atoms with Crippen molar-refractivity contribution in [1.29, 1.82) is 0 Å². The first-order valence-corrected chi connectivity index (χ1v) is 11.7. The molecule has 12 nitrogen and oxygen atoms in total. The summed E-state index contributed by atoms with van der Waals surface area (Å²) in [5.41, 5.74) is 5.80. The molecule has 182 valence electrons. The molecule has 1 rings (SSSR count). The van der Waals surface area contributed by atoms with Crippen molar-refractivity contribution >= 4 is 41.4 Å². The van der Waals surface area contributed by atoms with Gasteiger partial charge in [0.15, 0.2) is 0 Å². The molecule has 0 radical (unpaired) electrons. The van der Waals surface area contributed by atoms with E-state index in [1.54, 1.807) is 0 Å². The fourth-order valence-electron chi connectivity index (χ4n) is 3.30. The standard InChI is InChI=1S/C19H32N4O8S/c1-10(24)15(18(29)23-8-3-4-13(23)19(30)31)22-17(28)12(5-6-14(25)26)21-16(27)11(20)7-9-32-2/h10-13,15,24H,3-9,20H2,1-2H3,(H,21,27)(H,22,28)(H,25,26)(H,30,31). The van der Waals surface area contributed by atoms with Crippen LogP contribution < -0.4 is 16.4 Å². The summed E-state index contributed by atoms with van der Waals surface area (Å²) in [4.78, 5) is 61.4. The van der Waals surface area contributed by atoms with Crippen molar-refractivity contribution in [2.45, 2.75) is 69.3 Å². The van der Waals surface area contributed by atoms with Gasteiger partial charge in [-0.2, -0.15) is 11.8 Å². The van der Waals surface area contributed by atoms with E-state index in [2.05, 4.69) is 10.6 Å². The minimum absolute atomic E-state index is 0.165. The monoisotopic (exact) mass is 476 g/mol. The quantitative estimate of drug-likeness (QED) is 0.179. The zero-order valence-electron chi connectivity index (χ0n) is 18.2. The second-order valence-corrected chi connectivity index (χ2v) is 8.62. The lowest BCUT2D eigenvalue weighted by atomic mass is 10.1. The van der Waals surface area contributed by atoms with Crippen LogP contribution in [0, 0.1) is 0 Å². The summed E-state index contributed by atoms with van der Waals surface area (Å²) < 4.78 is 0. The van der Waals surface area contributed by atoms with Crippen LogP contribution in [0.3, 0.4) is 0 Å². The number of carbonyl (C=O) groups excluding carboxylic acids is 3. The molecule has 32 heavy (non-hydrogen) atoms. The molecule has 1 saturated heterocycles. The summed E-state index contributed by atoms with van der Waals surface area (Å²) >= 11 is 1.49. The molecular weight excluding hydrogens is 444 g/mol. The lowest BCUT2D eigenvalue weighted by Gasteiger charge is -2.30. The lowest BCUT2D eigenvalue weighted by molar-refractivity contribution is -0.150. The highest BCUT2D eigenvalue weighted by molar-refractivity contribution is 7.98. The molecule has 0 aromatic heterocycles. The Labute approximate surface area is 190 Å². The molecule has 1 aliphatic heterocycles. The normalized spacial score (nSPS) is 19.5. The number of nitrogens with one attached hydrogen (secondary N) is 2. The maximum atomic E-state index is 12.9. The van der Waals surface area contributed by atoms with E-state index in [1.165, 1.54) is 18.7 Å². The number of likely N-dealkylation sites (tertiary alicyclic amines) is 1. The number of nitrogens with zero attached hydrogens (tertiary/aromatic N) is 1. The largest absolute Gasteiger partial charge is 0.481 e. The predicted molar refractivity (Wildman–Crippen MR) is 116 cm³/mol. The summed E-state index contributed by atoms with van der Waals surface area (Å²) in [5.74, 6) is -4.04. The van der Waals surface area contributed by atoms with Crippen LogP contribution in [0.25, 0.3) is 0 Å². The molecule has 1 fully saturated rings. The number of hydrogen-bond donors (Lipinski definition) is 6. The molecule has 1 heterocycles. The SMILES string of the molecule is CSCCC(N)C(=O)NC(CCC(=O)O)C(=O)NC(C(=O)N1CCCC1C(=O)O)C(C)O. The molecule has 3 amide bonds. The minimum Gasteiger partial charge on any atom is -0.481 e. The van der Waals surface area contributed by atoms with Gasteiger partial charge in [0.05, 0.1) is 12.1 Å². The molecule has 7 N–H and O–H groups in total. The van der Waals surface area contributed by atoms with Crippen LogP contribution in [0.2, 0.25) is 0 Å². The highest BCUT2D eigenvalue weighted by atomic mass is 32.2. The highest BCUT2D eigenvalue weighted by Gasteiger charge is 2.40. The van der Waals surface area contributed by atoms with Gasteiger partial charge >= 0.3 is 11.9 Å². The Hall–Kier alpha value is -2.38. The van der Waals surface area contributed by atoms with Gasteiger partial charge in [0.2, 0.25) is 17.7 Å². The Balaban J connectivity index is 2.95. The van der Waals surface area contributed by atoms with Gasteiger partial charge in [-0.1, -0.05) is 0 Å². The first-order chi connectivity index (χ1) is 15.0. The average molecular weight is 477 g/mol. The van der Waals surface area contributed by atoms with E-state index in [4.69, 9.17) is 10.8 Å². The Morgan fingerprint density at radius 1 is 1.12 bits per heavy atom. The molecule has 5 unspecified atom stereocenters. The zero-order valence-corrected chi connectivity index (χ0v) is 19.0. The third-order valence-corrected chi connectivity index (χ3v) is 5.76. The molecule has 0 spiro atoms. The first-order valence-electron chi connectivity index (χ1n) is 10.3. The second-order valence-electron chi connectivity index (χ2n) is 7.64. The molecule has 0 aromatic carbocycles. The topological polar surface area (TPSA) is 199 Å². The second kappa shape index (κ2) is 13.2. The van der Waals surface area contributed by atoms with Crippen LogP contribution in [0.5, 0.6) is 0 Å². The van der Waals surface area contributed by atoms with Crippen molar-refractivity contribution in [3.05, 3.63) is 0 Å². The maximum Gasteiger partial charge on any atom is 0.326 e. The summed E-state index contributed by atoms with van der Waals surface area (Å²) in [7, 11) is 0. The van der Waals surface area contributed by atoms with Crippen molar-refractivity contribution < 1.29 is 39.3 Å². The fourth-order valence-corrected chi connectivity index (χ4v) is 3.79. The number of carboxylic acids is 2. The van der Waals surface area contributed by atoms with Crippen LogP contribution in [0.15, 0.2) is 0 Å². The van der Waals surface area contributed by atoms with Gasteiger partial charge in [-0.05, 0) is 44.6 Å². The van der Waals surface area contributed by atoms with E-state index in [0.717, 1.165) is 4.90 Å². The molecule has 1 aliphatic rings. The van der Waals surface area contributed by atoms with Gasteiger partial charge in [0.25, 0.3) is 0 Å². The van der Waals surface area contributed by atoms with Crippen molar-refractivity contribution in [1.82, 2.24) is 15.5 Å². The Morgan fingerprint density at radius 2 is 1.78 bits per heavy atom. The van der Waals surface area contributed by atoms with Crippen molar-refractivity contribution in [3.63, 3.8) is 0 Å². The molecule has 0 aliphatic carbocycles. The number of nitrogens with two attached hydrogens (primary N) is 1. The van der Waals surface area contributed by atoms with Crippen LogP contribution in [0.4, 0.5) is 0 Å². The summed E-state index contributed by atoms with van der Waals surface area (Å²) in [5, 5.41) is 33.1. The van der Waals surface area contributed by atoms with Gasteiger partial charge in [-0.15, -0.1) is 0 Å². The molecule has 0 saturated carbocycles. The Bertz CT molecular complexity index is 705. The average Bonchev–Trinajstić information content (AvgIpc) is 3.22. The predicted octanol–water partition coefficient (Wildman–Crippen LogP) is -1.64. The van der Waals surface area contributed by atoms with Gasteiger partial charge in [0, 0.05) is 13.0 Å². The first kappa shape index (κ1) is 27.7. The van der Waals surface area contributed by atoms with Crippen LogP contribution in [-0.4, -0.2) is 98.7 Å². The highest BCUT2D eigenvalue weighted by Crippen LogP contribution is 2.19. The molecular formula is C19H32N4O8S. The van der Waals surface area contributed by atoms with Crippen LogP contribution >= 0.6 is 11.8 Å². The zero-order chi connectivity index (χ0) is 24.4. The third kappa shape index (κ3) is 8.28. The lowest BCUT2D eigenvalue weighted by Crippen LogP contribution is -2.59. The Kier molecular flexibility index (Phi) is 11.4. The van der Waals surface area contributed by atoms with Crippen molar-refractivity contribution in [2.75, 3.05) is 18.6 Å². The van der Waals surface area contributed by atoms with Gasteiger partial charge in [0.1, 0.15) is 18.1 Å². The van der Waals surface area contributed by atoms with Gasteiger partial charge in [-0.25, -0.2) is 4.79 Å². The van der Waals surface area contributed by atoms with E-state index < -0.39 is 66.4 Å². The number of aliphatic hydroxyl groups excluding tert-OH is 1. The van der Waals surface area contributed by atoms with E-state index in [1.807, 2.05) is 6.26 Å². The minimum atomic E-state index is -1.46. The summed E-state index contributed by atoms with van der Waals surface area (Å²) in [6, 6.07) is -4.73. The molecule has 0 aromatic rings.